The molecule has 0 spiro atoms. The van der Waals surface area contributed by atoms with Crippen molar-refractivity contribution in [2.45, 2.75) is 39.5 Å². The van der Waals surface area contributed by atoms with Gasteiger partial charge in [0.05, 0.1) is 12.7 Å². The van der Waals surface area contributed by atoms with Crippen LogP contribution in [-0.4, -0.2) is 20.2 Å². The summed E-state index contributed by atoms with van der Waals surface area (Å²) < 4.78 is 5.66. The lowest BCUT2D eigenvalue weighted by atomic mass is 10.1. The quantitative estimate of drug-likeness (QED) is 0.362. The van der Waals surface area contributed by atoms with Crippen LogP contribution in [0.4, 0.5) is 5.69 Å². The Morgan fingerprint density at radius 1 is 0.969 bits per heavy atom. The van der Waals surface area contributed by atoms with Gasteiger partial charge in [-0.05, 0) is 49.3 Å². The summed E-state index contributed by atoms with van der Waals surface area (Å²) >= 11 is 1.37. The SMILES string of the molecule is CCCCN(CCCC)c1ccc(/C=C/c2ccc(C(C#N)=C(C#N)C#N)s2)c(OC)c1. The second-order valence-electron chi connectivity index (χ2n) is 7.24. The van der Waals surface area contributed by atoms with Crippen LogP contribution in [-0.2, 0) is 0 Å². The van der Waals surface area contributed by atoms with E-state index < -0.39 is 0 Å². The van der Waals surface area contributed by atoms with Crippen LogP contribution < -0.4 is 9.64 Å². The average molecular weight is 445 g/mol. The van der Waals surface area contributed by atoms with Crippen molar-refractivity contribution in [1.82, 2.24) is 0 Å². The van der Waals surface area contributed by atoms with Gasteiger partial charge in [-0.2, -0.15) is 15.8 Å². The van der Waals surface area contributed by atoms with E-state index in [9.17, 15) is 5.26 Å². The van der Waals surface area contributed by atoms with E-state index in [1.54, 1.807) is 25.3 Å². The number of rotatable bonds is 11. The smallest absolute Gasteiger partial charge is 0.148 e. The Balaban J connectivity index is 2.28. The van der Waals surface area contributed by atoms with Crippen molar-refractivity contribution < 1.29 is 4.74 Å². The molecule has 0 saturated carbocycles. The molecule has 0 aliphatic rings. The largest absolute Gasteiger partial charge is 0.496 e. The van der Waals surface area contributed by atoms with Crippen molar-refractivity contribution >= 4 is 34.7 Å². The monoisotopic (exact) mass is 444 g/mol. The number of nitrogens with zero attached hydrogens (tertiary/aromatic N) is 4. The van der Waals surface area contributed by atoms with Gasteiger partial charge >= 0.3 is 0 Å². The van der Waals surface area contributed by atoms with Crippen LogP contribution in [0.3, 0.4) is 0 Å². The van der Waals surface area contributed by atoms with E-state index in [1.165, 1.54) is 17.0 Å². The highest BCUT2D eigenvalue weighted by atomic mass is 32.1. The van der Waals surface area contributed by atoms with Gasteiger partial charge in [0.2, 0.25) is 0 Å². The van der Waals surface area contributed by atoms with Crippen molar-refractivity contribution in [1.29, 1.82) is 15.8 Å². The number of hydrogen-bond acceptors (Lipinski definition) is 6. The zero-order valence-corrected chi connectivity index (χ0v) is 19.7. The Kier molecular flexibility index (Phi) is 10.1. The van der Waals surface area contributed by atoms with Crippen LogP contribution in [0.1, 0.15) is 54.8 Å². The molecule has 0 saturated heterocycles. The third-order valence-corrected chi connectivity index (χ3v) is 6.10. The van der Waals surface area contributed by atoms with Crippen molar-refractivity contribution in [2.75, 3.05) is 25.1 Å². The summed E-state index contributed by atoms with van der Waals surface area (Å²) in [4.78, 5) is 3.95. The Labute approximate surface area is 195 Å². The number of hydrogen-bond donors (Lipinski definition) is 0. The molecule has 0 bridgehead atoms. The molecule has 6 heteroatoms. The Morgan fingerprint density at radius 3 is 2.22 bits per heavy atom. The zero-order valence-electron chi connectivity index (χ0n) is 18.9. The molecule has 164 valence electrons. The van der Waals surface area contributed by atoms with E-state index in [4.69, 9.17) is 15.3 Å². The number of allylic oxidation sites excluding steroid dienone is 2. The van der Waals surface area contributed by atoms with E-state index in [0.29, 0.717) is 4.88 Å². The molecular weight excluding hydrogens is 416 g/mol. The first-order valence-electron chi connectivity index (χ1n) is 10.8. The third kappa shape index (κ3) is 6.48. The number of nitriles is 3. The Hall–Kier alpha value is -3.53. The summed E-state index contributed by atoms with van der Waals surface area (Å²) in [6.45, 7) is 6.49. The molecule has 0 amide bonds. The molecule has 2 rings (SSSR count). The van der Waals surface area contributed by atoms with Gasteiger partial charge in [0.25, 0.3) is 0 Å². The maximum atomic E-state index is 9.33. The lowest BCUT2D eigenvalue weighted by molar-refractivity contribution is 0.414. The minimum atomic E-state index is -0.169. The highest BCUT2D eigenvalue weighted by Gasteiger charge is 2.12. The lowest BCUT2D eigenvalue weighted by Crippen LogP contribution is -2.25. The molecule has 1 aromatic heterocycles. The summed E-state index contributed by atoms with van der Waals surface area (Å²) in [6.07, 6.45) is 8.57. The molecule has 2 aromatic rings. The maximum absolute atomic E-state index is 9.33. The molecule has 0 aliphatic carbocycles. The fraction of sp³-hybridized carbons (Fsp3) is 0.346. The van der Waals surface area contributed by atoms with Gasteiger partial charge in [-0.1, -0.05) is 26.7 Å². The number of thiophene rings is 1. The Morgan fingerprint density at radius 2 is 1.66 bits per heavy atom. The van der Waals surface area contributed by atoms with Gasteiger partial charge < -0.3 is 9.64 Å². The van der Waals surface area contributed by atoms with E-state index in [2.05, 4.69) is 36.9 Å². The maximum Gasteiger partial charge on any atom is 0.148 e. The van der Waals surface area contributed by atoms with Crippen LogP contribution >= 0.6 is 11.3 Å². The second-order valence-corrected chi connectivity index (χ2v) is 8.36. The van der Waals surface area contributed by atoms with Crippen LogP contribution in [0.25, 0.3) is 17.7 Å². The first-order chi connectivity index (χ1) is 15.6. The highest BCUT2D eigenvalue weighted by molar-refractivity contribution is 7.14. The fourth-order valence-electron chi connectivity index (χ4n) is 3.22. The number of methoxy groups -OCH3 is 1. The van der Waals surface area contributed by atoms with Crippen LogP contribution in [0.2, 0.25) is 0 Å². The minimum Gasteiger partial charge on any atom is -0.496 e. The van der Waals surface area contributed by atoms with Crippen LogP contribution in [0.15, 0.2) is 35.9 Å². The highest BCUT2D eigenvalue weighted by Crippen LogP contribution is 2.30. The molecule has 0 aliphatic heterocycles. The molecule has 0 fully saturated rings. The van der Waals surface area contributed by atoms with E-state index >= 15 is 0 Å². The minimum absolute atomic E-state index is 0.112. The molecule has 1 heterocycles. The third-order valence-electron chi connectivity index (χ3n) is 5.03. The van der Waals surface area contributed by atoms with Gasteiger partial charge in [0.15, 0.2) is 0 Å². The molecule has 0 radical (unpaired) electrons. The molecule has 0 atom stereocenters. The topological polar surface area (TPSA) is 83.8 Å². The van der Waals surface area contributed by atoms with Crippen LogP contribution in [0, 0.1) is 34.0 Å². The number of benzene rings is 1. The molecular formula is C26H28N4OS. The summed E-state index contributed by atoms with van der Waals surface area (Å²) in [6, 6.07) is 15.5. The zero-order chi connectivity index (χ0) is 23.3. The Bertz CT molecular complexity index is 1070. The van der Waals surface area contributed by atoms with Crippen molar-refractivity contribution in [3.63, 3.8) is 0 Å². The average Bonchev–Trinajstić information content (AvgIpc) is 3.29. The summed E-state index contributed by atoms with van der Waals surface area (Å²) in [5.41, 5.74) is 2.07. The normalized spacial score (nSPS) is 10.2. The van der Waals surface area contributed by atoms with E-state index in [1.807, 2.05) is 24.3 Å². The second kappa shape index (κ2) is 13.0. The molecule has 1 aromatic carbocycles. The predicted octanol–water partition coefficient (Wildman–Crippen LogP) is 6.66. The van der Waals surface area contributed by atoms with Gasteiger partial charge in [-0.3, -0.25) is 0 Å². The number of ether oxygens (including phenoxy) is 1. The lowest BCUT2D eigenvalue weighted by Gasteiger charge is -2.25. The first kappa shape index (κ1) is 24.7. The molecule has 32 heavy (non-hydrogen) atoms. The van der Waals surface area contributed by atoms with E-state index in [-0.39, 0.29) is 11.1 Å². The van der Waals surface area contributed by atoms with Gasteiger partial charge in [-0.15, -0.1) is 11.3 Å². The van der Waals surface area contributed by atoms with Gasteiger partial charge in [0.1, 0.15) is 29.5 Å². The molecule has 0 unspecified atom stereocenters. The van der Waals surface area contributed by atoms with Gasteiger partial charge in [0, 0.05) is 40.2 Å². The van der Waals surface area contributed by atoms with Crippen molar-refractivity contribution in [3.8, 4) is 24.0 Å². The van der Waals surface area contributed by atoms with E-state index in [0.717, 1.165) is 55.0 Å². The fourth-order valence-corrected chi connectivity index (χ4v) is 4.13. The summed E-state index contributed by atoms with van der Waals surface area (Å²) in [5.74, 6) is 0.808. The van der Waals surface area contributed by atoms with Crippen molar-refractivity contribution in [2.24, 2.45) is 0 Å². The van der Waals surface area contributed by atoms with Crippen molar-refractivity contribution in [3.05, 3.63) is 51.2 Å². The standard InChI is InChI=1S/C26H28N4OS/c1-4-6-14-30(15-7-5-2)22-10-8-20(25(16-22)31-3)9-11-23-12-13-26(32-23)24(19-29)21(17-27)18-28/h8-13,16H,4-7,14-15H2,1-3H3/b11-9+. The number of anilines is 1. The molecule has 5 nitrogen and oxygen atoms in total. The summed E-state index contributed by atoms with van der Waals surface area (Å²) in [5, 5.41) is 27.4. The summed E-state index contributed by atoms with van der Waals surface area (Å²) in [7, 11) is 1.68. The number of unbranched alkanes of at least 4 members (excludes halogenated alkanes) is 2. The predicted molar refractivity (Wildman–Crippen MR) is 132 cm³/mol. The molecule has 0 N–H and O–H groups in total. The van der Waals surface area contributed by atoms with Gasteiger partial charge in [-0.25, -0.2) is 0 Å². The van der Waals surface area contributed by atoms with Crippen LogP contribution in [0.5, 0.6) is 5.75 Å². The first-order valence-corrected chi connectivity index (χ1v) is 11.6.